The smallest absolute Gasteiger partial charge is 0.262 e. The molecular formula is C26H32N4O3S. The van der Waals surface area contributed by atoms with Gasteiger partial charge in [0, 0.05) is 31.9 Å². The van der Waals surface area contributed by atoms with Gasteiger partial charge in [0.05, 0.1) is 29.9 Å². The van der Waals surface area contributed by atoms with Crippen molar-refractivity contribution in [2.45, 2.75) is 44.9 Å². The summed E-state index contributed by atoms with van der Waals surface area (Å²) in [7, 11) is 0. The summed E-state index contributed by atoms with van der Waals surface area (Å²) in [5.74, 6) is 0.131. The zero-order valence-corrected chi connectivity index (χ0v) is 20.7. The normalized spacial score (nSPS) is 13.9. The third kappa shape index (κ3) is 5.98. The number of hydrogen-bond acceptors (Lipinski definition) is 6. The highest BCUT2D eigenvalue weighted by Crippen LogP contribution is 2.23. The second-order valence-electron chi connectivity index (χ2n) is 8.56. The molecule has 0 atom stereocenters. The summed E-state index contributed by atoms with van der Waals surface area (Å²) in [5.41, 5.74) is 3.89. The number of thioether (sulfide) groups is 1. The maximum atomic E-state index is 13.4. The van der Waals surface area contributed by atoms with Crippen LogP contribution in [-0.2, 0) is 22.6 Å². The van der Waals surface area contributed by atoms with Gasteiger partial charge in [0.15, 0.2) is 5.16 Å². The molecular weight excluding hydrogens is 448 g/mol. The van der Waals surface area contributed by atoms with Crippen LogP contribution in [0.2, 0.25) is 0 Å². The summed E-state index contributed by atoms with van der Waals surface area (Å²) >= 11 is 1.32. The van der Waals surface area contributed by atoms with E-state index in [1.807, 2.05) is 49.4 Å². The van der Waals surface area contributed by atoms with Crippen LogP contribution in [0.15, 0.2) is 52.4 Å². The average molecular weight is 481 g/mol. The van der Waals surface area contributed by atoms with Crippen molar-refractivity contribution in [3.63, 3.8) is 0 Å². The molecule has 3 aromatic rings. The highest BCUT2D eigenvalue weighted by Gasteiger charge is 2.16. The van der Waals surface area contributed by atoms with Crippen LogP contribution in [0.5, 0.6) is 0 Å². The number of nitrogens with one attached hydrogen (secondary N) is 1. The zero-order valence-electron chi connectivity index (χ0n) is 19.9. The van der Waals surface area contributed by atoms with Crippen molar-refractivity contribution in [3.8, 4) is 0 Å². The summed E-state index contributed by atoms with van der Waals surface area (Å²) in [4.78, 5) is 32.9. The predicted octanol–water partition coefficient (Wildman–Crippen LogP) is 3.75. The lowest BCUT2D eigenvalue weighted by molar-refractivity contribution is -0.118. The van der Waals surface area contributed by atoms with E-state index < -0.39 is 0 Å². The Bertz CT molecular complexity index is 1190. The molecule has 2 heterocycles. The van der Waals surface area contributed by atoms with Gasteiger partial charge in [-0.05, 0) is 37.1 Å². The van der Waals surface area contributed by atoms with Crippen molar-refractivity contribution in [1.29, 1.82) is 0 Å². The van der Waals surface area contributed by atoms with Gasteiger partial charge in [0.2, 0.25) is 5.91 Å². The van der Waals surface area contributed by atoms with Gasteiger partial charge in [-0.15, -0.1) is 0 Å². The van der Waals surface area contributed by atoms with E-state index in [9.17, 15) is 9.59 Å². The van der Waals surface area contributed by atoms with E-state index in [0.29, 0.717) is 42.4 Å². The molecule has 1 N–H and O–H groups in total. The lowest BCUT2D eigenvalue weighted by Gasteiger charge is -2.29. The fraction of sp³-hybridized carbons (Fsp3) is 0.423. The number of carbonyl (C=O) groups is 1. The van der Waals surface area contributed by atoms with Crippen molar-refractivity contribution in [1.82, 2.24) is 14.9 Å². The fourth-order valence-electron chi connectivity index (χ4n) is 3.92. The molecule has 0 unspecified atom stereocenters. The van der Waals surface area contributed by atoms with Crippen LogP contribution < -0.4 is 15.8 Å². The standard InChI is InChI=1S/C26H32N4O3S/c1-3-4-11-30-25(32)22-16-21(29-12-14-33-15-13-29)9-10-23(22)28-26(30)34-18-24(31)27-17-20-7-5-19(2)6-8-20/h5-10,16H,3-4,11-15,17-18H2,1-2H3,(H,27,31). The van der Waals surface area contributed by atoms with Crippen molar-refractivity contribution in [2.75, 3.05) is 37.0 Å². The number of morpholine rings is 1. The minimum atomic E-state index is -0.0790. The summed E-state index contributed by atoms with van der Waals surface area (Å²) in [6.07, 6.45) is 1.85. The third-order valence-electron chi connectivity index (χ3n) is 5.96. The van der Waals surface area contributed by atoms with Crippen LogP contribution in [-0.4, -0.2) is 47.5 Å². The predicted molar refractivity (Wildman–Crippen MR) is 138 cm³/mol. The molecule has 0 saturated carbocycles. The first-order valence-electron chi connectivity index (χ1n) is 11.9. The van der Waals surface area contributed by atoms with Crippen LogP contribution >= 0.6 is 11.8 Å². The van der Waals surface area contributed by atoms with E-state index in [0.717, 1.165) is 37.2 Å². The second kappa shape index (κ2) is 11.5. The topological polar surface area (TPSA) is 76.5 Å². The molecule has 1 aliphatic heterocycles. The van der Waals surface area contributed by atoms with Crippen LogP contribution in [0.25, 0.3) is 10.9 Å². The van der Waals surface area contributed by atoms with Gasteiger partial charge in [0.25, 0.3) is 5.56 Å². The minimum absolute atomic E-state index is 0.0453. The summed E-state index contributed by atoms with van der Waals surface area (Å²) in [6, 6.07) is 14.0. The molecule has 1 fully saturated rings. The Morgan fingerprint density at radius 3 is 2.65 bits per heavy atom. The highest BCUT2D eigenvalue weighted by atomic mass is 32.2. The number of rotatable bonds is 9. The van der Waals surface area contributed by atoms with E-state index in [4.69, 9.17) is 9.72 Å². The van der Waals surface area contributed by atoms with E-state index in [2.05, 4.69) is 17.1 Å². The van der Waals surface area contributed by atoms with Gasteiger partial charge < -0.3 is 15.0 Å². The number of aromatic nitrogens is 2. The number of carbonyl (C=O) groups excluding carboxylic acids is 1. The molecule has 1 amide bonds. The first-order chi connectivity index (χ1) is 16.5. The van der Waals surface area contributed by atoms with Gasteiger partial charge in [-0.3, -0.25) is 14.2 Å². The van der Waals surface area contributed by atoms with Crippen molar-refractivity contribution in [2.24, 2.45) is 0 Å². The van der Waals surface area contributed by atoms with E-state index >= 15 is 0 Å². The van der Waals surface area contributed by atoms with Gasteiger partial charge in [0.1, 0.15) is 0 Å². The molecule has 1 aliphatic rings. The Kier molecular flexibility index (Phi) is 8.24. The summed E-state index contributed by atoms with van der Waals surface area (Å²) < 4.78 is 7.18. The molecule has 4 rings (SSSR count). The van der Waals surface area contributed by atoms with Gasteiger partial charge in [-0.1, -0.05) is 54.9 Å². The van der Waals surface area contributed by atoms with E-state index in [1.165, 1.54) is 17.3 Å². The third-order valence-corrected chi connectivity index (χ3v) is 6.93. The van der Waals surface area contributed by atoms with Gasteiger partial charge in [-0.2, -0.15) is 0 Å². The SMILES string of the molecule is CCCCn1c(SCC(=O)NCc2ccc(C)cc2)nc2ccc(N3CCOCC3)cc2c1=O. The molecule has 7 nitrogen and oxygen atoms in total. The monoisotopic (exact) mass is 480 g/mol. The number of amides is 1. The van der Waals surface area contributed by atoms with Crippen LogP contribution in [0.4, 0.5) is 5.69 Å². The number of anilines is 1. The molecule has 0 spiro atoms. The molecule has 1 aromatic heterocycles. The molecule has 0 radical (unpaired) electrons. The Balaban J connectivity index is 1.51. The largest absolute Gasteiger partial charge is 0.378 e. The molecule has 180 valence electrons. The average Bonchev–Trinajstić information content (AvgIpc) is 2.87. The number of unbranched alkanes of at least 4 members (excludes halogenated alkanes) is 1. The minimum Gasteiger partial charge on any atom is -0.378 e. The lowest BCUT2D eigenvalue weighted by atomic mass is 10.1. The maximum Gasteiger partial charge on any atom is 0.262 e. The molecule has 8 heteroatoms. The molecule has 0 aliphatic carbocycles. The first kappa shape index (κ1) is 24.3. The zero-order chi connectivity index (χ0) is 23.9. The Morgan fingerprint density at radius 1 is 1.15 bits per heavy atom. The summed E-state index contributed by atoms with van der Waals surface area (Å²) in [5, 5.41) is 4.17. The van der Waals surface area contributed by atoms with E-state index in [-0.39, 0.29) is 17.2 Å². The number of hydrogen-bond donors (Lipinski definition) is 1. The second-order valence-corrected chi connectivity index (χ2v) is 9.50. The number of fused-ring (bicyclic) bond motifs is 1. The Morgan fingerprint density at radius 2 is 1.91 bits per heavy atom. The summed E-state index contributed by atoms with van der Waals surface area (Å²) in [6.45, 7) is 8.23. The maximum absolute atomic E-state index is 13.4. The molecule has 2 aromatic carbocycles. The molecule has 1 saturated heterocycles. The van der Waals surface area contributed by atoms with Crippen LogP contribution in [0, 0.1) is 6.92 Å². The number of nitrogens with zero attached hydrogens (tertiary/aromatic N) is 3. The number of aryl methyl sites for hydroxylation is 1. The number of benzene rings is 2. The van der Waals surface area contributed by atoms with Gasteiger partial charge in [-0.25, -0.2) is 4.98 Å². The quantitative estimate of drug-likeness (QED) is 0.371. The fourth-order valence-corrected chi connectivity index (χ4v) is 4.77. The lowest BCUT2D eigenvalue weighted by Crippen LogP contribution is -2.36. The van der Waals surface area contributed by atoms with Crippen molar-refractivity contribution >= 4 is 34.3 Å². The van der Waals surface area contributed by atoms with E-state index in [1.54, 1.807) is 4.57 Å². The first-order valence-corrected chi connectivity index (χ1v) is 12.9. The Hall–Kier alpha value is -2.84. The van der Waals surface area contributed by atoms with Crippen molar-refractivity contribution < 1.29 is 9.53 Å². The molecule has 0 bridgehead atoms. The van der Waals surface area contributed by atoms with Crippen LogP contribution in [0.3, 0.4) is 0 Å². The van der Waals surface area contributed by atoms with Crippen LogP contribution in [0.1, 0.15) is 30.9 Å². The Labute approximate surface area is 204 Å². The molecule has 34 heavy (non-hydrogen) atoms. The highest BCUT2D eigenvalue weighted by molar-refractivity contribution is 7.99. The van der Waals surface area contributed by atoms with Gasteiger partial charge >= 0.3 is 0 Å². The number of ether oxygens (including phenoxy) is 1. The van der Waals surface area contributed by atoms with Crippen molar-refractivity contribution in [3.05, 3.63) is 63.9 Å².